The summed E-state index contributed by atoms with van der Waals surface area (Å²) in [6.07, 6.45) is 6.16. The van der Waals surface area contributed by atoms with Gasteiger partial charge in [-0.05, 0) is 51.1 Å². The molecule has 6 nitrogen and oxygen atoms in total. The van der Waals surface area contributed by atoms with Gasteiger partial charge in [0.05, 0.1) is 5.69 Å². The van der Waals surface area contributed by atoms with Gasteiger partial charge in [0, 0.05) is 29.7 Å². The van der Waals surface area contributed by atoms with E-state index in [0.29, 0.717) is 12.3 Å². The molecule has 26 heavy (non-hydrogen) atoms. The molecule has 0 spiro atoms. The van der Waals surface area contributed by atoms with Gasteiger partial charge in [0.1, 0.15) is 24.3 Å². The van der Waals surface area contributed by atoms with Gasteiger partial charge >= 0.3 is 6.09 Å². The van der Waals surface area contributed by atoms with Crippen molar-refractivity contribution in [2.75, 3.05) is 0 Å². The molecule has 2 aromatic heterocycles. The highest BCUT2D eigenvalue weighted by molar-refractivity contribution is 5.73. The molecular formula is C20H21N3O3. The van der Waals surface area contributed by atoms with Crippen LogP contribution < -0.4 is 4.74 Å². The van der Waals surface area contributed by atoms with E-state index in [2.05, 4.69) is 9.97 Å². The Labute approximate surface area is 152 Å². The van der Waals surface area contributed by atoms with Gasteiger partial charge in [0.25, 0.3) is 0 Å². The lowest BCUT2D eigenvalue weighted by atomic mass is 10.1. The van der Waals surface area contributed by atoms with Crippen molar-refractivity contribution in [1.82, 2.24) is 14.5 Å². The first-order valence-corrected chi connectivity index (χ1v) is 8.30. The number of nitrogens with zero attached hydrogens (tertiary/aromatic N) is 3. The molecule has 0 unspecified atom stereocenters. The summed E-state index contributed by atoms with van der Waals surface area (Å²) in [5.41, 5.74) is 2.04. The zero-order valence-electron chi connectivity index (χ0n) is 15.0. The predicted molar refractivity (Wildman–Crippen MR) is 97.9 cm³/mol. The van der Waals surface area contributed by atoms with Crippen LogP contribution in [0.4, 0.5) is 4.79 Å². The minimum atomic E-state index is -0.547. The van der Waals surface area contributed by atoms with Crippen molar-refractivity contribution in [3.63, 3.8) is 0 Å². The van der Waals surface area contributed by atoms with Crippen LogP contribution in [0, 0.1) is 0 Å². The molecule has 6 heteroatoms. The standard InChI is InChI=1S/C20H21N3O3/c1-20(2,3)26-19(24)23-12-18(22-14-23)16-6-8-17(9-7-16)25-13-15-5-4-10-21-11-15/h4-12,14H,13H2,1-3H3. The number of carbonyl (C=O) groups excluding carboxylic acids is 1. The minimum absolute atomic E-state index is 0.451. The largest absolute Gasteiger partial charge is 0.489 e. The van der Waals surface area contributed by atoms with Gasteiger partial charge in [-0.3, -0.25) is 4.98 Å². The van der Waals surface area contributed by atoms with Gasteiger partial charge in [-0.25, -0.2) is 14.3 Å². The zero-order chi connectivity index (χ0) is 18.6. The topological polar surface area (TPSA) is 66.2 Å². The summed E-state index contributed by atoms with van der Waals surface area (Å²) in [6.45, 7) is 5.94. The Balaban J connectivity index is 1.64. The number of rotatable bonds is 4. The van der Waals surface area contributed by atoms with E-state index >= 15 is 0 Å². The van der Waals surface area contributed by atoms with Crippen LogP contribution in [0.2, 0.25) is 0 Å². The van der Waals surface area contributed by atoms with Gasteiger partial charge in [-0.1, -0.05) is 6.07 Å². The summed E-state index contributed by atoms with van der Waals surface area (Å²) in [5, 5.41) is 0. The van der Waals surface area contributed by atoms with Crippen molar-refractivity contribution < 1.29 is 14.3 Å². The molecule has 1 aromatic carbocycles. The van der Waals surface area contributed by atoms with Crippen LogP contribution in [0.15, 0.2) is 61.3 Å². The Morgan fingerprint density at radius 1 is 1.15 bits per heavy atom. The van der Waals surface area contributed by atoms with E-state index in [0.717, 1.165) is 16.9 Å². The highest BCUT2D eigenvalue weighted by Crippen LogP contribution is 2.22. The first-order valence-electron chi connectivity index (χ1n) is 8.30. The average Bonchev–Trinajstić information content (AvgIpc) is 3.10. The Morgan fingerprint density at radius 2 is 1.92 bits per heavy atom. The Kier molecular flexibility index (Phi) is 5.02. The number of imidazole rings is 1. The van der Waals surface area contributed by atoms with Crippen molar-refractivity contribution in [3.8, 4) is 17.0 Å². The summed E-state index contributed by atoms with van der Waals surface area (Å²) in [5.74, 6) is 0.754. The number of hydrogen-bond acceptors (Lipinski definition) is 5. The molecule has 0 amide bonds. The van der Waals surface area contributed by atoms with Crippen molar-refractivity contribution in [3.05, 3.63) is 66.9 Å². The van der Waals surface area contributed by atoms with Gasteiger partial charge in [0.2, 0.25) is 0 Å². The van der Waals surface area contributed by atoms with Crippen LogP contribution in [0.3, 0.4) is 0 Å². The number of hydrogen-bond donors (Lipinski definition) is 0. The molecular weight excluding hydrogens is 330 g/mol. The number of aromatic nitrogens is 3. The van der Waals surface area contributed by atoms with E-state index in [9.17, 15) is 4.79 Å². The third kappa shape index (κ3) is 4.69. The Bertz CT molecular complexity index is 865. The normalized spacial score (nSPS) is 11.2. The second-order valence-electron chi connectivity index (χ2n) is 6.82. The maximum absolute atomic E-state index is 12.1. The highest BCUT2D eigenvalue weighted by atomic mass is 16.6. The maximum atomic E-state index is 12.1. The van der Waals surface area contributed by atoms with E-state index in [4.69, 9.17) is 9.47 Å². The summed E-state index contributed by atoms with van der Waals surface area (Å²) in [6, 6.07) is 11.4. The molecule has 0 N–H and O–H groups in total. The first-order chi connectivity index (χ1) is 12.4. The molecule has 0 saturated carbocycles. The molecule has 2 heterocycles. The van der Waals surface area contributed by atoms with Crippen LogP contribution in [-0.4, -0.2) is 26.2 Å². The smallest absolute Gasteiger partial charge is 0.419 e. The minimum Gasteiger partial charge on any atom is -0.489 e. The summed E-state index contributed by atoms with van der Waals surface area (Å²) in [7, 11) is 0. The van der Waals surface area contributed by atoms with Gasteiger partial charge in [-0.2, -0.15) is 0 Å². The summed E-state index contributed by atoms with van der Waals surface area (Å²) >= 11 is 0. The van der Waals surface area contributed by atoms with Crippen LogP contribution in [0.1, 0.15) is 26.3 Å². The molecule has 0 aliphatic heterocycles. The second kappa shape index (κ2) is 7.39. The predicted octanol–water partition coefficient (Wildman–Crippen LogP) is 4.31. The quantitative estimate of drug-likeness (QED) is 0.701. The molecule has 0 saturated heterocycles. The monoisotopic (exact) mass is 351 g/mol. The van der Waals surface area contributed by atoms with Gasteiger partial charge in [-0.15, -0.1) is 0 Å². The fourth-order valence-electron chi connectivity index (χ4n) is 2.26. The molecule has 0 aliphatic rings. The maximum Gasteiger partial charge on any atom is 0.419 e. The van der Waals surface area contributed by atoms with Gasteiger partial charge in [0.15, 0.2) is 0 Å². The lowest BCUT2D eigenvalue weighted by Gasteiger charge is -2.19. The van der Waals surface area contributed by atoms with E-state index in [1.807, 2.05) is 57.2 Å². The SMILES string of the molecule is CC(C)(C)OC(=O)n1cnc(-c2ccc(OCc3cccnc3)cc2)c1. The van der Waals surface area contributed by atoms with Crippen LogP contribution >= 0.6 is 0 Å². The van der Waals surface area contributed by atoms with Gasteiger partial charge < -0.3 is 9.47 Å². The fourth-order valence-corrected chi connectivity index (χ4v) is 2.26. The van der Waals surface area contributed by atoms with Crippen LogP contribution in [0.25, 0.3) is 11.3 Å². The summed E-state index contributed by atoms with van der Waals surface area (Å²) in [4.78, 5) is 20.4. The second-order valence-corrected chi connectivity index (χ2v) is 6.82. The number of benzene rings is 1. The van der Waals surface area contributed by atoms with Crippen LogP contribution in [0.5, 0.6) is 5.75 Å². The zero-order valence-corrected chi connectivity index (χ0v) is 15.0. The average molecular weight is 351 g/mol. The van der Waals surface area contributed by atoms with Crippen molar-refractivity contribution in [1.29, 1.82) is 0 Å². The molecule has 3 rings (SSSR count). The molecule has 0 aliphatic carbocycles. The Hall–Kier alpha value is -3.15. The van der Waals surface area contributed by atoms with Crippen LogP contribution in [-0.2, 0) is 11.3 Å². The third-order valence-electron chi connectivity index (χ3n) is 3.47. The number of carbonyl (C=O) groups is 1. The highest BCUT2D eigenvalue weighted by Gasteiger charge is 2.18. The van der Waals surface area contributed by atoms with Crippen molar-refractivity contribution >= 4 is 6.09 Å². The van der Waals surface area contributed by atoms with E-state index < -0.39 is 11.7 Å². The first kappa shape index (κ1) is 17.7. The molecule has 0 fully saturated rings. The number of pyridine rings is 1. The lowest BCUT2D eigenvalue weighted by Crippen LogP contribution is -2.26. The molecule has 0 atom stereocenters. The molecule has 0 bridgehead atoms. The van der Waals surface area contributed by atoms with E-state index in [-0.39, 0.29) is 0 Å². The van der Waals surface area contributed by atoms with E-state index in [1.54, 1.807) is 18.6 Å². The molecule has 3 aromatic rings. The molecule has 134 valence electrons. The van der Waals surface area contributed by atoms with E-state index in [1.165, 1.54) is 10.9 Å². The molecule has 0 radical (unpaired) electrons. The fraction of sp³-hybridized carbons (Fsp3) is 0.250. The number of ether oxygens (including phenoxy) is 2. The van der Waals surface area contributed by atoms with Crippen molar-refractivity contribution in [2.45, 2.75) is 33.0 Å². The third-order valence-corrected chi connectivity index (χ3v) is 3.47. The summed E-state index contributed by atoms with van der Waals surface area (Å²) < 4.78 is 12.4. The van der Waals surface area contributed by atoms with Crippen molar-refractivity contribution in [2.24, 2.45) is 0 Å². The lowest BCUT2D eigenvalue weighted by molar-refractivity contribution is 0.0536. The Morgan fingerprint density at radius 3 is 2.58 bits per heavy atom.